The first-order valence-corrected chi connectivity index (χ1v) is 11.7. The summed E-state index contributed by atoms with van der Waals surface area (Å²) in [5.74, 6) is -0.137. The first-order chi connectivity index (χ1) is 16.4. The van der Waals surface area contributed by atoms with Crippen molar-refractivity contribution in [2.75, 3.05) is 38.4 Å². The van der Waals surface area contributed by atoms with Gasteiger partial charge in [0.15, 0.2) is 11.5 Å². The monoisotopic (exact) mass is 488 g/mol. The van der Waals surface area contributed by atoms with Crippen molar-refractivity contribution < 1.29 is 33.3 Å². The van der Waals surface area contributed by atoms with E-state index < -0.39 is 11.9 Å². The minimum Gasteiger partial charge on any atom is -0.462 e. The number of amides is 1. The molecule has 1 N–H and O–H groups in total. The first-order valence-electron chi connectivity index (χ1n) is 10.9. The highest BCUT2D eigenvalue weighted by molar-refractivity contribution is 7.18. The molecule has 182 valence electrons. The van der Waals surface area contributed by atoms with Crippen molar-refractivity contribution in [1.82, 2.24) is 4.90 Å². The summed E-state index contributed by atoms with van der Waals surface area (Å²) in [6, 6.07) is 5.67. The minimum atomic E-state index is -0.609. The predicted octanol–water partition coefficient (Wildman–Crippen LogP) is 3.77. The van der Waals surface area contributed by atoms with Crippen LogP contribution in [0, 0.1) is 6.92 Å². The maximum Gasteiger partial charge on any atom is 0.348 e. The Hall–Kier alpha value is -3.37. The number of carbonyl (C=O) groups excluding carboxylic acids is 3. The molecule has 34 heavy (non-hydrogen) atoms. The van der Waals surface area contributed by atoms with Crippen molar-refractivity contribution in [3.05, 3.63) is 52.4 Å². The van der Waals surface area contributed by atoms with Gasteiger partial charge in [-0.3, -0.25) is 9.69 Å². The van der Waals surface area contributed by atoms with Crippen LogP contribution in [-0.2, 0) is 20.8 Å². The number of carbonyl (C=O) groups is 3. The molecule has 1 aromatic heterocycles. The third kappa shape index (κ3) is 5.95. The van der Waals surface area contributed by atoms with Crippen molar-refractivity contribution in [1.29, 1.82) is 0 Å². The average Bonchev–Trinajstić information content (AvgIpc) is 3.40. The van der Waals surface area contributed by atoms with E-state index in [2.05, 4.69) is 11.9 Å². The van der Waals surface area contributed by atoms with Crippen molar-refractivity contribution in [2.45, 2.75) is 27.3 Å². The molecule has 2 aromatic rings. The fourth-order valence-corrected chi connectivity index (χ4v) is 4.50. The van der Waals surface area contributed by atoms with Crippen LogP contribution in [0.4, 0.5) is 5.00 Å². The third-order valence-corrected chi connectivity index (χ3v) is 6.24. The molecule has 10 heteroatoms. The van der Waals surface area contributed by atoms with E-state index in [9.17, 15) is 14.4 Å². The second-order valence-corrected chi connectivity index (χ2v) is 8.43. The van der Waals surface area contributed by atoms with E-state index in [1.165, 1.54) is 6.08 Å². The van der Waals surface area contributed by atoms with Crippen LogP contribution in [0.1, 0.15) is 45.0 Å². The number of hydrogen-bond acceptors (Lipinski definition) is 9. The van der Waals surface area contributed by atoms with Crippen LogP contribution in [0.3, 0.4) is 0 Å². The fourth-order valence-electron chi connectivity index (χ4n) is 3.39. The summed E-state index contributed by atoms with van der Waals surface area (Å²) in [6.07, 6.45) is 1.45. The van der Waals surface area contributed by atoms with Gasteiger partial charge in [-0.15, -0.1) is 11.3 Å². The summed E-state index contributed by atoms with van der Waals surface area (Å²) in [4.78, 5) is 40.0. The molecule has 0 saturated heterocycles. The zero-order valence-corrected chi connectivity index (χ0v) is 20.3. The molecule has 1 aliphatic heterocycles. The molecule has 1 amide bonds. The van der Waals surface area contributed by atoms with E-state index in [0.29, 0.717) is 30.2 Å². The SMILES string of the molecule is C=CCOC(=O)c1sc(NC(=O)CN(CC)Cc2ccc3c(c2)OCO3)c(C(=O)OCC)c1C. The molecule has 0 aliphatic carbocycles. The predicted molar refractivity (Wildman–Crippen MR) is 128 cm³/mol. The molecule has 0 saturated carbocycles. The number of ether oxygens (including phenoxy) is 4. The molecule has 0 radical (unpaired) electrons. The second-order valence-electron chi connectivity index (χ2n) is 7.41. The number of likely N-dealkylation sites (N-methyl/N-ethyl adjacent to an activating group) is 1. The quantitative estimate of drug-likeness (QED) is 0.377. The highest BCUT2D eigenvalue weighted by Gasteiger charge is 2.27. The lowest BCUT2D eigenvalue weighted by molar-refractivity contribution is -0.117. The Kier molecular flexibility index (Phi) is 8.67. The molecular weight excluding hydrogens is 460 g/mol. The normalized spacial score (nSPS) is 11.9. The van der Waals surface area contributed by atoms with E-state index >= 15 is 0 Å². The standard InChI is InChI=1S/C24H28N2O7S/c1-5-10-31-24(29)21-15(4)20(23(28)30-7-3)22(34-21)25-19(27)13-26(6-2)12-16-8-9-17-18(11-16)33-14-32-17/h5,8-9,11H,1,6-7,10,12-14H2,2-4H3,(H,25,27). The van der Waals surface area contributed by atoms with Gasteiger partial charge in [-0.1, -0.05) is 25.6 Å². The van der Waals surface area contributed by atoms with Crippen molar-refractivity contribution in [3.8, 4) is 11.5 Å². The lowest BCUT2D eigenvalue weighted by Crippen LogP contribution is -2.32. The van der Waals surface area contributed by atoms with E-state index in [-0.39, 0.29) is 47.9 Å². The van der Waals surface area contributed by atoms with Gasteiger partial charge in [-0.05, 0) is 43.7 Å². The molecule has 0 atom stereocenters. The van der Waals surface area contributed by atoms with Crippen LogP contribution in [0.15, 0.2) is 30.9 Å². The van der Waals surface area contributed by atoms with Crippen LogP contribution in [0.5, 0.6) is 11.5 Å². The van der Waals surface area contributed by atoms with Gasteiger partial charge in [0.25, 0.3) is 0 Å². The van der Waals surface area contributed by atoms with Gasteiger partial charge in [0.2, 0.25) is 12.7 Å². The van der Waals surface area contributed by atoms with Crippen LogP contribution in [0.25, 0.3) is 0 Å². The lowest BCUT2D eigenvalue weighted by Gasteiger charge is -2.20. The minimum absolute atomic E-state index is 0.0396. The van der Waals surface area contributed by atoms with Gasteiger partial charge < -0.3 is 24.3 Å². The Balaban J connectivity index is 1.74. The van der Waals surface area contributed by atoms with E-state index in [0.717, 1.165) is 16.9 Å². The van der Waals surface area contributed by atoms with Gasteiger partial charge in [-0.25, -0.2) is 9.59 Å². The summed E-state index contributed by atoms with van der Waals surface area (Å²) in [5.41, 5.74) is 1.54. The Labute approximate surface area is 202 Å². The number of benzene rings is 1. The Bertz CT molecular complexity index is 1080. The highest BCUT2D eigenvalue weighted by atomic mass is 32.1. The van der Waals surface area contributed by atoms with E-state index in [1.54, 1.807) is 13.8 Å². The maximum absolute atomic E-state index is 12.9. The van der Waals surface area contributed by atoms with Gasteiger partial charge in [0.1, 0.15) is 16.5 Å². The topological polar surface area (TPSA) is 103 Å². The lowest BCUT2D eigenvalue weighted by atomic mass is 10.1. The summed E-state index contributed by atoms with van der Waals surface area (Å²) < 4.78 is 21.0. The zero-order chi connectivity index (χ0) is 24.7. The van der Waals surface area contributed by atoms with Crippen LogP contribution < -0.4 is 14.8 Å². The van der Waals surface area contributed by atoms with Gasteiger partial charge in [0, 0.05) is 6.54 Å². The Morgan fingerprint density at radius 2 is 1.94 bits per heavy atom. The number of fused-ring (bicyclic) bond motifs is 1. The maximum atomic E-state index is 12.9. The van der Waals surface area contributed by atoms with Crippen LogP contribution in [-0.4, -0.2) is 55.8 Å². The molecule has 9 nitrogen and oxygen atoms in total. The molecule has 1 aromatic carbocycles. The highest BCUT2D eigenvalue weighted by Crippen LogP contribution is 2.35. The van der Waals surface area contributed by atoms with E-state index in [4.69, 9.17) is 18.9 Å². The van der Waals surface area contributed by atoms with Crippen molar-refractivity contribution in [3.63, 3.8) is 0 Å². The molecule has 3 rings (SSSR count). The number of hydrogen-bond donors (Lipinski definition) is 1. The number of nitrogens with one attached hydrogen (secondary N) is 1. The Morgan fingerprint density at radius 3 is 2.65 bits per heavy atom. The number of anilines is 1. The zero-order valence-electron chi connectivity index (χ0n) is 19.5. The van der Waals surface area contributed by atoms with Crippen LogP contribution >= 0.6 is 11.3 Å². The molecule has 0 unspecified atom stereocenters. The average molecular weight is 489 g/mol. The van der Waals surface area contributed by atoms with Gasteiger partial charge in [-0.2, -0.15) is 0 Å². The number of esters is 2. The van der Waals surface area contributed by atoms with Gasteiger partial charge >= 0.3 is 11.9 Å². The fraction of sp³-hybridized carbons (Fsp3) is 0.375. The van der Waals surface area contributed by atoms with Crippen molar-refractivity contribution in [2.24, 2.45) is 0 Å². The van der Waals surface area contributed by atoms with E-state index in [1.807, 2.05) is 30.0 Å². The first kappa shape index (κ1) is 25.3. The number of rotatable bonds is 11. The molecule has 0 fully saturated rings. The molecule has 2 heterocycles. The largest absolute Gasteiger partial charge is 0.462 e. The van der Waals surface area contributed by atoms with Crippen LogP contribution in [0.2, 0.25) is 0 Å². The summed E-state index contributed by atoms with van der Waals surface area (Å²) in [5, 5.41) is 3.03. The third-order valence-electron chi connectivity index (χ3n) is 5.05. The summed E-state index contributed by atoms with van der Waals surface area (Å²) >= 11 is 0.989. The number of thiophene rings is 1. The summed E-state index contributed by atoms with van der Waals surface area (Å²) in [6.45, 7) is 10.4. The Morgan fingerprint density at radius 1 is 1.18 bits per heavy atom. The second kappa shape index (κ2) is 11.7. The van der Waals surface area contributed by atoms with Gasteiger partial charge in [0.05, 0.1) is 18.7 Å². The smallest absolute Gasteiger partial charge is 0.348 e. The molecule has 0 spiro atoms. The molecular formula is C24H28N2O7S. The summed E-state index contributed by atoms with van der Waals surface area (Å²) in [7, 11) is 0. The molecule has 1 aliphatic rings. The van der Waals surface area contributed by atoms with Crippen molar-refractivity contribution >= 4 is 34.2 Å². The number of nitrogens with zero attached hydrogens (tertiary/aromatic N) is 1. The molecule has 0 bridgehead atoms.